The van der Waals surface area contributed by atoms with Gasteiger partial charge in [0.1, 0.15) is 0 Å². The zero-order chi connectivity index (χ0) is 18.2. The molecule has 1 aromatic rings. The van der Waals surface area contributed by atoms with Gasteiger partial charge in [-0.1, -0.05) is 6.92 Å². The van der Waals surface area contributed by atoms with Gasteiger partial charge in [-0.25, -0.2) is 0 Å². The molecule has 0 spiro atoms. The summed E-state index contributed by atoms with van der Waals surface area (Å²) in [5.74, 6) is 2.86. The van der Waals surface area contributed by atoms with Crippen molar-refractivity contribution >= 4 is 5.91 Å². The largest absolute Gasteiger partial charge is 0.493 e. The van der Waals surface area contributed by atoms with E-state index in [-0.39, 0.29) is 5.91 Å². The van der Waals surface area contributed by atoms with Gasteiger partial charge in [0.2, 0.25) is 11.7 Å². The lowest BCUT2D eigenvalue weighted by Crippen LogP contribution is -2.33. The second-order valence-corrected chi connectivity index (χ2v) is 6.58. The molecule has 1 aliphatic rings. The molecule has 0 bridgehead atoms. The van der Waals surface area contributed by atoms with Crippen molar-refractivity contribution in [3.8, 4) is 17.2 Å². The van der Waals surface area contributed by atoms with Crippen molar-refractivity contribution in [3.63, 3.8) is 0 Å². The number of methoxy groups -OCH3 is 3. The van der Waals surface area contributed by atoms with E-state index >= 15 is 0 Å². The highest BCUT2D eigenvalue weighted by atomic mass is 16.5. The van der Waals surface area contributed by atoms with Crippen LogP contribution in [0.5, 0.6) is 17.2 Å². The van der Waals surface area contributed by atoms with E-state index in [4.69, 9.17) is 14.2 Å². The van der Waals surface area contributed by atoms with E-state index in [0.717, 1.165) is 31.5 Å². The third-order valence-corrected chi connectivity index (χ3v) is 4.91. The third kappa shape index (κ3) is 5.26. The van der Waals surface area contributed by atoms with E-state index in [1.807, 2.05) is 12.1 Å². The molecule has 140 valence electrons. The van der Waals surface area contributed by atoms with Gasteiger partial charge in [0.05, 0.1) is 21.3 Å². The second kappa shape index (κ2) is 9.51. The van der Waals surface area contributed by atoms with Gasteiger partial charge in [0, 0.05) is 13.0 Å². The molecule has 1 fully saturated rings. The van der Waals surface area contributed by atoms with Crippen LogP contribution < -0.4 is 24.8 Å². The highest BCUT2D eigenvalue weighted by Crippen LogP contribution is 2.38. The number of carbonyl (C=O) groups excluding carboxylic acids is 1. The monoisotopic (exact) mass is 350 g/mol. The molecule has 1 saturated heterocycles. The van der Waals surface area contributed by atoms with Crippen LogP contribution in [0.15, 0.2) is 12.1 Å². The zero-order valence-corrected chi connectivity index (χ0v) is 15.7. The summed E-state index contributed by atoms with van der Waals surface area (Å²) in [7, 11) is 4.74. The van der Waals surface area contributed by atoms with E-state index in [9.17, 15) is 4.79 Å². The van der Waals surface area contributed by atoms with E-state index in [1.54, 1.807) is 21.3 Å². The number of benzene rings is 1. The molecular formula is C19H30N2O4. The third-order valence-electron chi connectivity index (χ3n) is 4.91. The maximum atomic E-state index is 12.3. The molecule has 1 heterocycles. The molecule has 1 atom stereocenters. The first-order valence-corrected chi connectivity index (χ1v) is 8.85. The fourth-order valence-corrected chi connectivity index (χ4v) is 3.38. The smallest absolute Gasteiger partial charge is 0.220 e. The highest BCUT2D eigenvalue weighted by Gasteiger charge is 2.22. The first kappa shape index (κ1) is 19.4. The van der Waals surface area contributed by atoms with Gasteiger partial charge in [-0.05, 0) is 55.5 Å². The fraction of sp³-hybridized carbons (Fsp3) is 0.632. The zero-order valence-electron chi connectivity index (χ0n) is 15.7. The summed E-state index contributed by atoms with van der Waals surface area (Å²) in [5, 5.41) is 6.37. The molecule has 6 nitrogen and oxygen atoms in total. The Morgan fingerprint density at radius 2 is 1.76 bits per heavy atom. The summed E-state index contributed by atoms with van der Waals surface area (Å²) in [5.41, 5.74) is 0.914. The number of rotatable bonds is 8. The Bertz CT molecular complexity index is 546. The lowest BCUT2D eigenvalue weighted by Gasteiger charge is -2.27. The Balaban J connectivity index is 1.92. The van der Waals surface area contributed by atoms with Crippen LogP contribution in [0.25, 0.3) is 0 Å². The van der Waals surface area contributed by atoms with Crippen LogP contribution in [-0.4, -0.2) is 40.3 Å². The number of piperidine rings is 1. The minimum Gasteiger partial charge on any atom is -0.493 e. The van der Waals surface area contributed by atoms with Crippen LogP contribution in [-0.2, 0) is 11.3 Å². The summed E-state index contributed by atoms with van der Waals surface area (Å²) >= 11 is 0. The molecule has 6 heteroatoms. The van der Waals surface area contributed by atoms with Crippen molar-refractivity contribution in [2.45, 2.75) is 32.7 Å². The maximum Gasteiger partial charge on any atom is 0.220 e. The number of amides is 1. The quantitative estimate of drug-likeness (QED) is 0.753. The van der Waals surface area contributed by atoms with Crippen molar-refractivity contribution < 1.29 is 19.0 Å². The Labute approximate surface area is 150 Å². The maximum absolute atomic E-state index is 12.3. The standard InChI is InChI=1S/C19H30N2O4/c1-13(15-5-7-20-8-6-15)9-18(22)21-12-14-10-16(23-2)19(25-4)17(11-14)24-3/h10-11,13,15,20H,5-9,12H2,1-4H3,(H,21,22). The average Bonchev–Trinajstić information content (AvgIpc) is 2.65. The summed E-state index contributed by atoms with van der Waals surface area (Å²) in [6, 6.07) is 3.72. The van der Waals surface area contributed by atoms with Crippen LogP contribution in [0.2, 0.25) is 0 Å². The molecule has 0 aliphatic carbocycles. The Morgan fingerprint density at radius 3 is 2.28 bits per heavy atom. The first-order valence-electron chi connectivity index (χ1n) is 8.85. The van der Waals surface area contributed by atoms with Gasteiger partial charge in [0.25, 0.3) is 0 Å². The molecule has 0 saturated carbocycles. The Hall–Kier alpha value is -1.95. The molecule has 2 rings (SSSR count). The molecule has 1 unspecified atom stereocenters. The molecule has 1 aromatic carbocycles. The fourth-order valence-electron chi connectivity index (χ4n) is 3.38. The Kier molecular flexibility index (Phi) is 7.37. The lowest BCUT2D eigenvalue weighted by atomic mass is 9.84. The summed E-state index contributed by atoms with van der Waals surface area (Å²) < 4.78 is 16.0. The van der Waals surface area contributed by atoms with Crippen molar-refractivity contribution in [2.75, 3.05) is 34.4 Å². The number of nitrogens with one attached hydrogen (secondary N) is 2. The van der Waals surface area contributed by atoms with E-state index < -0.39 is 0 Å². The van der Waals surface area contributed by atoms with Crippen LogP contribution >= 0.6 is 0 Å². The van der Waals surface area contributed by atoms with Crippen LogP contribution in [0, 0.1) is 11.8 Å². The van der Waals surface area contributed by atoms with E-state index in [1.165, 1.54) is 0 Å². The van der Waals surface area contributed by atoms with Gasteiger partial charge in [0.15, 0.2) is 11.5 Å². The average molecular weight is 350 g/mol. The van der Waals surface area contributed by atoms with Crippen LogP contribution in [0.3, 0.4) is 0 Å². The Morgan fingerprint density at radius 1 is 1.16 bits per heavy atom. The molecule has 25 heavy (non-hydrogen) atoms. The molecule has 1 amide bonds. The number of hydrogen-bond acceptors (Lipinski definition) is 5. The summed E-state index contributed by atoms with van der Waals surface area (Å²) in [6.45, 7) is 4.73. The molecule has 1 aliphatic heterocycles. The van der Waals surface area contributed by atoms with Gasteiger partial charge in [-0.3, -0.25) is 4.79 Å². The molecular weight excluding hydrogens is 320 g/mol. The molecule has 0 aromatic heterocycles. The first-order chi connectivity index (χ1) is 12.1. The van der Waals surface area contributed by atoms with E-state index in [2.05, 4.69) is 17.6 Å². The molecule has 2 N–H and O–H groups in total. The van der Waals surface area contributed by atoms with Crippen LogP contribution in [0.4, 0.5) is 0 Å². The number of carbonyl (C=O) groups is 1. The van der Waals surface area contributed by atoms with Crippen molar-refractivity contribution in [2.24, 2.45) is 11.8 Å². The second-order valence-electron chi connectivity index (χ2n) is 6.58. The minimum absolute atomic E-state index is 0.0831. The SMILES string of the molecule is COc1cc(CNC(=O)CC(C)C2CCNCC2)cc(OC)c1OC. The normalized spacial score (nSPS) is 16.2. The number of ether oxygens (including phenoxy) is 3. The van der Waals surface area contributed by atoms with Gasteiger partial charge in [-0.2, -0.15) is 0 Å². The van der Waals surface area contributed by atoms with Crippen LogP contribution in [0.1, 0.15) is 31.7 Å². The predicted molar refractivity (Wildman–Crippen MR) is 97.3 cm³/mol. The summed E-state index contributed by atoms with van der Waals surface area (Å²) in [4.78, 5) is 12.3. The van der Waals surface area contributed by atoms with Gasteiger partial charge >= 0.3 is 0 Å². The van der Waals surface area contributed by atoms with Gasteiger partial charge in [-0.15, -0.1) is 0 Å². The summed E-state index contributed by atoms with van der Waals surface area (Å²) in [6.07, 6.45) is 2.87. The highest BCUT2D eigenvalue weighted by molar-refractivity contribution is 5.76. The molecule has 0 radical (unpaired) electrons. The number of hydrogen-bond donors (Lipinski definition) is 2. The van der Waals surface area contributed by atoms with Gasteiger partial charge < -0.3 is 24.8 Å². The van der Waals surface area contributed by atoms with Crippen molar-refractivity contribution in [1.82, 2.24) is 10.6 Å². The van der Waals surface area contributed by atoms with E-state index in [0.29, 0.717) is 42.0 Å². The van der Waals surface area contributed by atoms with Crippen molar-refractivity contribution in [3.05, 3.63) is 17.7 Å². The van der Waals surface area contributed by atoms with Crippen molar-refractivity contribution in [1.29, 1.82) is 0 Å². The topological polar surface area (TPSA) is 68.8 Å². The lowest BCUT2D eigenvalue weighted by molar-refractivity contribution is -0.122. The minimum atomic E-state index is 0.0831. The predicted octanol–water partition coefficient (Wildman–Crippen LogP) is 2.35.